The van der Waals surface area contributed by atoms with Gasteiger partial charge < -0.3 is 25.6 Å². The van der Waals surface area contributed by atoms with Crippen molar-refractivity contribution < 1.29 is 9.53 Å². The van der Waals surface area contributed by atoms with Crippen LogP contribution >= 0.6 is 0 Å². The van der Waals surface area contributed by atoms with Crippen LogP contribution in [-0.4, -0.2) is 77.2 Å². The van der Waals surface area contributed by atoms with Crippen LogP contribution in [-0.2, 0) is 9.53 Å². The van der Waals surface area contributed by atoms with Gasteiger partial charge in [-0.25, -0.2) is 4.98 Å². The highest BCUT2D eigenvalue weighted by Crippen LogP contribution is 2.21. The lowest BCUT2D eigenvalue weighted by atomic mass is 10.2. The molecule has 1 unspecified atom stereocenters. The number of pyridine rings is 1. The standard InChI is InChI=1S/C17H24N8O2/c1-11(15(26)24(2)3)20-16-21-14(12-4-5-13(18)19-10-12)22-17(23-16)25-6-8-27-9-7-25/h4-5,10-11H,6-9H2,1-3H3,(H2,18,19)(H,20,21,22,23). The predicted octanol–water partition coefficient (Wildman–Crippen LogP) is 0.241. The summed E-state index contributed by atoms with van der Waals surface area (Å²) in [5.74, 6) is 1.68. The summed E-state index contributed by atoms with van der Waals surface area (Å²) in [6.45, 7) is 4.38. The number of carbonyl (C=O) groups excluding carboxylic acids is 1. The van der Waals surface area contributed by atoms with Crippen molar-refractivity contribution in [2.45, 2.75) is 13.0 Å². The molecule has 2 aromatic rings. The van der Waals surface area contributed by atoms with Gasteiger partial charge >= 0.3 is 0 Å². The molecule has 0 radical (unpaired) electrons. The van der Waals surface area contributed by atoms with E-state index in [9.17, 15) is 4.79 Å². The molecule has 0 aromatic carbocycles. The van der Waals surface area contributed by atoms with Crippen LogP contribution in [0.2, 0.25) is 0 Å². The molecule has 0 aliphatic carbocycles. The fourth-order valence-corrected chi connectivity index (χ4v) is 2.64. The SMILES string of the molecule is CC(Nc1nc(-c2ccc(N)nc2)nc(N2CCOCC2)n1)C(=O)N(C)C. The van der Waals surface area contributed by atoms with Gasteiger partial charge in [-0.05, 0) is 19.1 Å². The summed E-state index contributed by atoms with van der Waals surface area (Å²) in [5, 5.41) is 3.07. The Hall–Kier alpha value is -3.01. The van der Waals surface area contributed by atoms with Crippen LogP contribution in [0.1, 0.15) is 6.92 Å². The number of rotatable bonds is 5. The summed E-state index contributed by atoms with van der Waals surface area (Å²) in [6, 6.07) is 3.02. The maximum atomic E-state index is 12.2. The average Bonchev–Trinajstić information content (AvgIpc) is 2.68. The van der Waals surface area contributed by atoms with Crippen molar-refractivity contribution in [1.82, 2.24) is 24.8 Å². The second-order valence-corrected chi connectivity index (χ2v) is 6.45. The molecule has 3 rings (SSSR count). The molecule has 144 valence electrons. The molecule has 10 heteroatoms. The zero-order valence-corrected chi connectivity index (χ0v) is 15.7. The zero-order chi connectivity index (χ0) is 19.4. The lowest BCUT2D eigenvalue weighted by molar-refractivity contribution is -0.129. The van der Waals surface area contributed by atoms with Crippen LogP contribution in [0.25, 0.3) is 11.4 Å². The molecule has 0 spiro atoms. The van der Waals surface area contributed by atoms with Crippen LogP contribution < -0.4 is 16.0 Å². The van der Waals surface area contributed by atoms with Crippen molar-refractivity contribution in [3.8, 4) is 11.4 Å². The van der Waals surface area contributed by atoms with Crippen molar-refractivity contribution >= 4 is 23.6 Å². The Morgan fingerprint density at radius 3 is 2.63 bits per heavy atom. The summed E-state index contributed by atoms with van der Waals surface area (Å²) < 4.78 is 5.40. The third-order valence-electron chi connectivity index (χ3n) is 4.12. The second kappa shape index (κ2) is 8.12. The van der Waals surface area contributed by atoms with E-state index in [1.54, 1.807) is 39.3 Å². The predicted molar refractivity (Wildman–Crippen MR) is 102 cm³/mol. The number of morpholine rings is 1. The molecule has 10 nitrogen and oxygen atoms in total. The third-order valence-corrected chi connectivity index (χ3v) is 4.12. The van der Waals surface area contributed by atoms with E-state index >= 15 is 0 Å². The van der Waals surface area contributed by atoms with Crippen molar-refractivity contribution in [3.63, 3.8) is 0 Å². The summed E-state index contributed by atoms with van der Waals surface area (Å²) in [4.78, 5) is 33.4. The molecule has 1 amide bonds. The maximum absolute atomic E-state index is 12.2. The molecule has 3 N–H and O–H groups in total. The zero-order valence-electron chi connectivity index (χ0n) is 15.7. The second-order valence-electron chi connectivity index (χ2n) is 6.45. The topological polar surface area (TPSA) is 122 Å². The average molecular weight is 372 g/mol. The Kier molecular flexibility index (Phi) is 5.65. The molecule has 0 bridgehead atoms. The van der Waals surface area contributed by atoms with E-state index in [1.807, 2.05) is 4.90 Å². The number of amides is 1. The van der Waals surface area contributed by atoms with E-state index in [0.29, 0.717) is 49.8 Å². The number of nitrogen functional groups attached to an aromatic ring is 1. The van der Waals surface area contributed by atoms with Crippen molar-refractivity contribution in [3.05, 3.63) is 18.3 Å². The Morgan fingerprint density at radius 1 is 1.26 bits per heavy atom. The fraction of sp³-hybridized carbons (Fsp3) is 0.471. The largest absolute Gasteiger partial charge is 0.384 e. The molecule has 1 atom stereocenters. The van der Waals surface area contributed by atoms with E-state index < -0.39 is 6.04 Å². The van der Waals surface area contributed by atoms with Crippen molar-refractivity contribution in [2.75, 3.05) is 56.3 Å². The first-order valence-corrected chi connectivity index (χ1v) is 8.72. The van der Waals surface area contributed by atoms with E-state index in [2.05, 4.69) is 25.3 Å². The van der Waals surface area contributed by atoms with E-state index in [4.69, 9.17) is 10.5 Å². The normalized spacial score (nSPS) is 15.3. The van der Waals surface area contributed by atoms with Gasteiger partial charge in [-0.2, -0.15) is 15.0 Å². The lowest BCUT2D eigenvalue weighted by Crippen LogP contribution is -2.39. The minimum Gasteiger partial charge on any atom is -0.384 e. The summed E-state index contributed by atoms with van der Waals surface area (Å²) in [6.07, 6.45) is 1.62. The molecule has 0 saturated carbocycles. The summed E-state index contributed by atoms with van der Waals surface area (Å²) in [5.41, 5.74) is 6.39. The molecular formula is C17H24N8O2. The maximum Gasteiger partial charge on any atom is 0.244 e. The Balaban J connectivity index is 1.94. The van der Waals surface area contributed by atoms with Gasteiger partial charge in [0.05, 0.1) is 13.2 Å². The quantitative estimate of drug-likeness (QED) is 0.760. The van der Waals surface area contributed by atoms with E-state index in [-0.39, 0.29) is 5.91 Å². The first kappa shape index (κ1) is 18.8. The Morgan fingerprint density at radius 2 is 2.00 bits per heavy atom. The minimum atomic E-state index is -0.475. The smallest absolute Gasteiger partial charge is 0.244 e. The summed E-state index contributed by atoms with van der Waals surface area (Å²) >= 11 is 0. The van der Waals surface area contributed by atoms with Crippen molar-refractivity contribution in [2.24, 2.45) is 0 Å². The molecule has 1 aliphatic rings. The molecule has 27 heavy (non-hydrogen) atoms. The summed E-state index contributed by atoms with van der Waals surface area (Å²) in [7, 11) is 3.41. The van der Waals surface area contributed by atoms with Gasteiger partial charge in [0, 0.05) is 38.9 Å². The van der Waals surface area contributed by atoms with Crippen molar-refractivity contribution in [1.29, 1.82) is 0 Å². The van der Waals surface area contributed by atoms with E-state index in [1.165, 1.54) is 4.90 Å². The van der Waals surface area contributed by atoms with Crippen LogP contribution in [0.4, 0.5) is 17.7 Å². The van der Waals surface area contributed by atoms with Gasteiger partial charge in [0.15, 0.2) is 5.82 Å². The number of nitrogens with zero attached hydrogens (tertiary/aromatic N) is 6. The van der Waals surface area contributed by atoms with Gasteiger partial charge in [0.1, 0.15) is 11.9 Å². The van der Waals surface area contributed by atoms with Crippen LogP contribution in [0.3, 0.4) is 0 Å². The van der Waals surface area contributed by atoms with E-state index in [0.717, 1.165) is 5.56 Å². The van der Waals surface area contributed by atoms with Gasteiger partial charge in [-0.3, -0.25) is 4.79 Å². The number of ether oxygens (including phenoxy) is 1. The van der Waals surface area contributed by atoms with Crippen LogP contribution in [0.5, 0.6) is 0 Å². The van der Waals surface area contributed by atoms with Gasteiger partial charge in [-0.15, -0.1) is 0 Å². The van der Waals surface area contributed by atoms with Gasteiger partial charge in [-0.1, -0.05) is 0 Å². The molecule has 3 heterocycles. The number of hydrogen-bond donors (Lipinski definition) is 2. The number of aromatic nitrogens is 4. The fourth-order valence-electron chi connectivity index (χ4n) is 2.64. The molecule has 1 saturated heterocycles. The molecule has 1 fully saturated rings. The van der Waals surface area contributed by atoms with Gasteiger partial charge in [0.2, 0.25) is 17.8 Å². The highest BCUT2D eigenvalue weighted by Gasteiger charge is 2.20. The number of nitrogens with two attached hydrogens (primary N) is 1. The first-order valence-electron chi connectivity index (χ1n) is 8.72. The van der Waals surface area contributed by atoms with Crippen LogP contribution in [0, 0.1) is 0 Å². The third kappa shape index (κ3) is 4.59. The minimum absolute atomic E-state index is 0.0703. The number of nitrogens with one attached hydrogen (secondary N) is 1. The monoisotopic (exact) mass is 372 g/mol. The molecular weight excluding hydrogens is 348 g/mol. The first-order chi connectivity index (χ1) is 12.9. The Labute approximate surface area is 157 Å². The highest BCUT2D eigenvalue weighted by molar-refractivity contribution is 5.83. The number of carbonyl (C=O) groups is 1. The number of likely N-dealkylation sites (N-methyl/N-ethyl adjacent to an activating group) is 1. The number of anilines is 3. The van der Waals surface area contributed by atoms with Gasteiger partial charge in [0.25, 0.3) is 0 Å². The lowest BCUT2D eigenvalue weighted by Gasteiger charge is -2.27. The molecule has 2 aromatic heterocycles. The molecule has 1 aliphatic heterocycles. The van der Waals surface area contributed by atoms with Crippen LogP contribution in [0.15, 0.2) is 18.3 Å². The Bertz CT molecular complexity index is 790. The number of hydrogen-bond acceptors (Lipinski definition) is 9. The highest BCUT2D eigenvalue weighted by atomic mass is 16.5.